The van der Waals surface area contributed by atoms with Gasteiger partial charge in [-0.2, -0.15) is 13.2 Å². The summed E-state index contributed by atoms with van der Waals surface area (Å²) in [5, 5.41) is 1.70. The van der Waals surface area contributed by atoms with Crippen molar-refractivity contribution in [1.82, 2.24) is 15.3 Å². The minimum absolute atomic E-state index is 0.125. The van der Waals surface area contributed by atoms with E-state index >= 15 is 0 Å². The molecule has 3 N–H and O–H groups in total. The molecule has 0 aliphatic carbocycles. The van der Waals surface area contributed by atoms with Crippen LogP contribution in [0, 0.1) is 5.82 Å². The summed E-state index contributed by atoms with van der Waals surface area (Å²) in [6, 6.07) is 1.06. The van der Waals surface area contributed by atoms with Crippen LogP contribution in [0.4, 0.5) is 33.9 Å². The molecule has 5 heterocycles. The van der Waals surface area contributed by atoms with Crippen LogP contribution in [-0.4, -0.2) is 72.3 Å². The van der Waals surface area contributed by atoms with Gasteiger partial charge >= 0.3 is 12.2 Å². The molecular formula is C25H28F4N6O5. The number of ether oxygens (including phenoxy) is 3. The number of amides is 3. The van der Waals surface area contributed by atoms with Gasteiger partial charge in [0, 0.05) is 25.4 Å². The zero-order valence-corrected chi connectivity index (χ0v) is 21.9. The van der Waals surface area contributed by atoms with Gasteiger partial charge < -0.3 is 30.2 Å². The molecule has 2 aromatic heterocycles. The van der Waals surface area contributed by atoms with E-state index < -0.39 is 47.0 Å². The Morgan fingerprint density at radius 1 is 1.35 bits per heavy atom. The van der Waals surface area contributed by atoms with Crippen molar-refractivity contribution in [2.45, 2.75) is 56.8 Å². The van der Waals surface area contributed by atoms with Gasteiger partial charge in [0.05, 0.1) is 12.3 Å². The third-order valence-corrected chi connectivity index (χ3v) is 7.14. The summed E-state index contributed by atoms with van der Waals surface area (Å²) in [4.78, 5) is 37.0. The Morgan fingerprint density at radius 2 is 2.10 bits per heavy atom. The van der Waals surface area contributed by atoms with Crippen molar-refractivity contribution < 1.29 is 41.4 Å². The van der Waals surface area contributed by atoms with Gasteiger partial charge in [-0.15, -0.1) is 0 Å². The lowest BCUT2D eigenvalue weighted by Crippen LogP contribution is -2.57. The molecule has 3 aliphatic rings. The van der Waals surface area contributed by atoms with Gasteiger partial charge in [-0.25, -0.2) is 14.2 Å². The first-order valence-electron chi connectivity index (χ1n) is 12.5. The smallest absolute Gasteiger partial charge is 0.408 e. The lowest BCUT2D eigenvalue weighted by Gasteiger charge is -2.44. The van der Waals surface area contributed by atoms with Crippen LogP contribution in [0.15, 0.2) is 24.4 Å². The van der Waals surface area contributed by atoms with Gasteiger partial charge in [0.15, 0.2) is 23.1 Å². The Hall–Kier alpha value is -3.72. The number of nitrogens with two attached hydrogens (primary N) is 1. The number of alkyl halides is 3. The Bertz CT molecular complexity index is 1340. The average Bonchev–Trinajstić information content (AvgIpc) is 3.43. The summed E-state index contributed by atoms with van der Waals surface area (Å²) in [5.41, 5.74) is 4.22. The Labute approximate surface area is 226 Å². The van der Waals surface area contributed by atoms with Crippen LogP contribution < -0.4 is 25.6 Å². The number of hydrogen-bond donors (Lipinski definition) is 2. The number of carbonyl (C=O) groups is 2. The van der Waals surface area contributed by atoms with Crippen LogP contribution in [0.3, 0.4) is 0 Å². The molecule has 15 heteroatoms. The number of pyridine rings is 2. The fourth-order valence-corrected chi connectivity index (χ4v) is 5.26. The summed E-state index contributed by atoms with van der Waals surface area (Å²) in [5.74, 6) is -3.12. The fraction of sp³-hybridized carbons (Fsp3) is 0.520. The molecule has 11 nitrogen and oxygen atoms in total. The van der Waals surface area contributed by atoms with Crippen LogP contribution in [0.1, 0.15) is 43.4 Å². The Kier molecular flexibility index (Phi) is 6.77. The van der Waals surface area contributed by atoms with E-state index in [9.17, 15) is 27.2 Å². The van der Waals surface area contributed by atoms with E-state index in [1.807, 2.05) is 0 Å². The number of primary amides is 1. The number of nitrogens with zero attached hydrogens (tertiary/aromatic N) is 4. The normalized spacial score (nSPS) is 24.0. The Balaban J connectivity index is 1.51. The highest BCUT2D eigenvalue weighted by Gasteiger charge is 2.55. The number of halogens is 4. The first-order valence-corrected chi connectivity index (χ1v) is 12.5. The number of carbonyl (C=O) groups excluding carboxylic acids is 2. The highest BCUT2D eigenvalue weighted by atomic mass is 19.4. The van der Waals surface area contributed by atoms with Crippen LogP contribution in [0.5, 0.6) is 5.75 Å². The van der Waals surface area contributed by atoms with Gasteiger partial charge in [-0.3, -0.25) is 14.7 Å². The summed E-state index contributed by atoms with van der Waals surface area (Å²) in [6.07, 6.45) is -3.30. The van der Waals surface area contributed by atoms with E-state index in [0.717, 1.165) is 17.9 Å². The van der Waals surface area contributed by atoms with E-state index in [1.54, 1.807) is 36.2 Å². The zero-order chi connectivity index (χ0) is 29.0. The van der Waals surface area contributed by atoms with Crippen molar-refractivity contribution in [3.63, 3.8) is 0 Å². The summed E-state index contributed by atoms with van der Waals surface area (Å²) >= 11 is 0. The summed E-state index contributed by atoms with van der Waals surface area (Å²) < 4.78 is 71.5. The number of aromatic nitrogens is 2. The number of anilines is 2. The monoisotopic (exact) mass is 568 g/mol. The molecule has 2 fully saturated rings. The molecule has 3 amide bonds. The van der Waals surface area contributed by atoms with Crippen LogP contribution in [0.2, 0.25) is 0 Å². The number of fused-ring (bicyclic) bond motifs is 4. The molecule has 3 aliphatic heterocycles. The maximum absolute atomic E-state index is 15.0. The van der Waals surface area contributed by atoms with E-state index in [-0.39, 0.29) is 30.8 Å². The lowest BCUT2D eigenvalue weighted by molar-refractivity contribution is -0.149. The molecule has 1 unspecified atom stereocenters. The number of rotatable bonds is 6. The summed E-state index contributed by atoms with van der Waals surface area (Å²) in [6.45, 7) is 5.23. The molecule has 5 rings (SSSR count). The predicted octanol–water partition coefficient (Wildman–Crippen LogP) is 2.83. The molecule has 40 heavy (non-hydrogen) atoms. The standard InChI is InChI=1S/C25H28F4N6O5/c1-13(25(27,28)29)32-21(36)18-15(26)9-16-20(33-18)35(22(30)37)24(6-8-34(16)12-24)19-17(5-4-7-31-19)38-10-14-11-39-23(2,3)40-14/h4-5,7,9,13-14H,6,8,10-12H2,1-3H3,(H2,30,37)(H,32,36)/t13-,14+,24?/m1/s1. The molecule has 3 atom stereocenters. The first kappa shape index (κ1) is 27.8. The van der Waals surface area contributed by atoms with E-state index in [1.165, 1.54) is 6.20 Å². The van der Waals surface area contributed by atoms with Crippen molar-refractivity contribution in [3.8, 4) is 5.75 Å². The topological polar surface area (TPSA) is 132 Å². The molecule has 0 saturated carbocycles. The maximum Gasteiger partial charge on any atom is 0.408 e. The van der Waals surface area contributed by atoms with Crippen molar-refractivity contribution in [1.29, 1.82) is 0 Å². The first-order chi connectivity index (χ1) is 18.7. The minimum atomic E-state index is -4.75. The lowest BCUT2D eigenvalue weighted by atomic mass is 9.89. The van der Waals surface area contributed by atoms with Crippen LogP contribution in [0.25, 0.3) is 0 Å². The quantitative estimate of drug-likeness (QED) is 0.509. The molecule has 216 valence electrons. The van der Waals surface area contributed by atoms with Gasteiger partial charge in [-0.05, 0) is 39.3 Å². The third kappa shape index (κ3) is 4.87. The average molecular weight is 569 g/mol. The molecule has 2 saturated heterocycles. The van der Waals surface area contributed by atoms with Crippen molar-refractivity contribution in [2.75, 3.05) is 36.1 Å². The van der Waals surface area contributed by atoms with Crippen molar-refractivity contribution in [2.24, 2.45) is 5.73 Å². The van der Waals surface area contributed by atoms with Crippen molar-refractivity contribution >= 4 is 23.4 Å². The second-order valence-corrected chi connectivity index (χ2v) is 10.4. The molecule has 0 spiro atoms. The third-order valence-electron chi connectivity index (χ3n) is 7.14. The molecule has 2 aromatic rings. The van der Waals surface area contributed by atoms with Crippen molar-refractivity contribution in [3.05, 3.63) is 41.6 Å². The minimum Gasteiger partial charge on any atom is -0.489 e. The van der Waals surface area contributed by atoms with E-state index in [4.69, 9.17) is 19.9 Å². The zero-order valence-electron chi connectivity index (χ0n) is 21.9. The van der Waals surface area contributed by atoms with E-state index in [0.29, 0.717) is 31.0 Å². The van der Waals surface area contributed by atoms with Gasteiger partial charge in [0.1, 0.15) is 35.7 Å². The molecular weight excluding hydrogens is 540 g/mol. The molecule has 0 radical (unpaired) electrons. The van der Waals surface area contributed by atoms with Crippen LogP contribution in [-0.2, 0) is 15.0 Å². The summed E-state index contributed by atoms with van der Waals surface area (Å²) in [7, 11) is 0. The Morgan fingerprint density at radius 3 is 2.75 bits per heavy atom. The van der Waals surface area contributed by atoms with Gasteiger partial charge in [0.25, 0.3) is 5.91 Å². The molecule has 2 bridgehead atoms. The second-order valence-electron chi connectivity index (χ2n) is 10.4. The second kappa shape index (κ2) is 9.73. The fourth-order valence-electron chi connectivity index (χ4n) is 5.26. The highest BCUT2D eigenvalue weighted by Crippen LogP contribution is 2.51. The number of urea groups is 1. The SMILES string of the molecule is C[C@@H](NC(=O)c1nc2c(cc1F)N1CCC(c3ncccc3OC[C@H]3COC(C)(C)O3)(C1)N2C(N)=O)C(F)(F)F. The predicted molar refractivity (Wildman–Crippen MR) is 132 cm³/mol. The number of hydrogen-bond acceptors (Lipinski definition) is 8. The largest absolute Gasteiger partial charge is 0.489 e. The number of nitrogens with one attached hydrogen (secondary N) is 1. The maximum atomic E-state index is 15.0. The van der Waals surface area contributed by atoms with Crippen LogP contribution >= 0.6 is 0 Å². The highest BCUT2D eigenvalue weighted by molar-refractivity contribution is 6.00. The van der Waals surface area contributed by atoms with Gasteiger partial charge in [0.2, 0.25) is 0 Å². The van der Waals surface area contributed by atoms with E-state index in [2.05, 4.69) is 9.97 Å². The van der Waals surface area contributed by atoms with Gasteiger partial charge in [-0.1, -0.05) is 0 Å². The molecule has 0 aromatic carbocycles.